The van der Waals surface area contributed by atoms with Crippen LogP contribution in [0.25, 0.3) is 0 Å². The van der Waals surface area contributed by atoms with Gasteiger partial charge < -0.3 is 11.5 Å². The van der Waals surface area contributed by atoms with Gasteiger partial charge in [0.2, 0.25) is 5.91 Å². The molecule has 1 amide bonds. The number of hydrogen-bond acceptors (Lipinski definition) is 2. The summed E-state index contributed by atoms with van der Waals surface area (Å²) in [6, 6.07) is 0.0613. The maximum Gasteiger partial charge on any atom is 0.222 e. The van der Waals surface area contributed by atoms with E-state index in [1.165, 1.54) is 6.42 Å². The minimum Gasteiger partial charge on any atom is -0.369 e. The monoisotopic (exact) mass is 154 g/mol. The molecule has 0 aliphatic heterocycles. The molecular formula is C8H14N2O. The maximum absolute atomic E-state index is 10.9. The second-order valence-corrected chi connectivity index (χ2v) is 3.84. The zero-order valence-corrected chi connectivity index (χ0v) is 6.49. The maximum atomic E-state index is 10.9. The van der Waals surface area contributed by atoms with Crippen LogP contribution in [-0.4, -0.2) is 11.9 Å². The van der Waals surface area contributed by atoms with E-state index in [9.17, 15) is 4.79 Å². The molecule has 2 aliphatic rings. The molecule has 0 radical (unpaired) electrons. The van der Waals surface area contributed by atoms with Crippen LogP contribution in [0.2, 0.25) is 0 Å². The lowest BCUT2D eigenvalue weighted by Gasteiger charge is -2.24. The van der Waals surface area contributed by atoms with Crippen molar-refractivity contribution in [3.63, 3.8) is 0 Å². The summed E-state index contributed by atoms with van der Waals surface area (Å²) in [7, 11) is 0. The van der Waals surface area contributed by atoms with Crippen molar-refractivity contribution < 1.29 is 4.79 Å². The van der Waals surface area contributed by atoms with Crippen molar-refractivity contribution in [1.82, 2.24) is 0 Å². The highest BCUT2D eigenvalue weighted by molar-refractivity contribution is 5.78. The van der Waals surface area contributed by atoms with Gasteiger partial charge in [0.25, 0.3) is 0 Å². The summed E-state index contributed by atoms with van der Waals surface area (Å²) in [5, 5.41) is 0. The zero-order valence-electron chi connectivity index (χ0n) is 6.49. The number of carbonyl (C=O) groups excluding carboxylic acids is 1. The fraction of sp³-hybridized carbons (Fsp3) is 0.875. The molecule has 0 aromatic carbocycles. The number of hydrogen-bond donors (Lipinski definition) is 2. The van der Waals surface area contributed by atoms with Gasteiger partial charge in [-0.1, -0.05) is 0 Å². The molecule has 0 heterocycles. The molecule has 3 nitrogen and oxygen atoms in total. The Morgan fingerprint density at radius 2 is 1.91 bits per heavy atom. The van der Waals surface area contributed by atoms with E-state index < -0.39 is 0 Å². The molecule has 4 atom stereocenters. The SMILES string of the molecule is NC(=O)[C@H]1[C@H]2CC[C@@H](C2)[C@@H]1N. The Labute approximate surface area is 66.1 Å². The number of amides is 1. The van der Waals surface area contributed by atoms with Crippen LogP contribution in [0.5, 0.6) is 0 Å². The lowest BCUT2D eigenvalue weighted by molar-refractivity contribution is -0.123. The molecule has 0 spiro atoms. The van der Waals surface area contributed by atoms with Crippen LogP contribution in [0.3, 0.4) is 0 Å². The zero-order chi connectivity index (χ0) is 8.01. The summed E-state index contributed by atoms with van der Waals surface area (Å²) in [5.74, 6) is 0.878. The molecule has 11 heavy (non-hydrogen) atoms. The van der Waals surface area contributed by atoms with Crippen molar-refractivity contribution in [2.24, 2.45) is 29.2 Å². The van der Waals surface area contributed by atoms with E-state index in [-0.39, 0.29) is 17.9 Å². The highest BCUT2D eigenvalue weighted by atomic mass is 16.1. The van der Waals surface area contributed by atoms with E-state index in [0.717, 1.165) is 12.8 Å². The quantitative estimate of drug-likeness (QED) is 0.551. The first-order valence-electron chi connectivity index (χ1n) is 4.25. The van der Waals surface area contributed by atoms with Crippen LogP contribution < -0.4 is 11.5 Å². The highest BCUT2D eigenvalue weighted by Gasteiger charge is 2.48. The largest absolute Gasteiger partial charge is 0.369 e. The van der Waals surface area contributed by atoms with E-state index in [4.69, 9.17) is 11.5 Å². The summed E-state index contributed by atoms with van der Waals surface area (Å²) < 4.78 is 0. The third-order valence-electron chi connectivity index (χ3n) is 3.31. The van der Waals surface area contributed by atoms with Crippen LogP contribution in [0.1, 0.15) is 19.3 Å². The van der Waals surface area contributed by atoms with Gasteiger partial charge in [-0.2, -0.15) is 0 Å². The molecule has 0 saturated heterocycles. The molecule has 2 saturated carbocycles. The van der Waals surface area contributed by atoms with Crippen molar-refractivity contribution in [1.29, 1.82) is 0 Å². The van der Waals surface area contributed by atoms with E-state index in [1.54, 1.807) is 0 Å². The third-order valence-corrected chi connectivity index (χ3v) is 3.31. The normalized spacial score (nSPS) is 48.1. The van der Waals surface area contributed by atoms with Gasteiger partial charge >= 0.3 is 0 Å². The molecule has 0 aromatic heterocycles. The molecule has 2 fully saturated rings. The van der Waals surface area contributed by atoms with Gasteiger partial charge in [-0.05, 0) is 31.1 Å². The van der Waals surface area contributed by atoms with Crippen molar-refractivity contribution in [2.75, 3.05) is 0 Å². The van der Waals surface area contributed by atoms with Gasteiger partial charge in [-0.25, -0.2) is 0 Å². The molecule has 2 bridgehead atoms. The van der Waals surface area contributed by atoms with Gasteiger partial charge in [-0.15, -0.1) is 0 Å². The van der Waals surface area contributed by atoms with Crippen molar-refractivity contribution in [3.05, 3.63) is 0 Å². The second kappa shape index (κ2) is 2.21. The van der Waals surface area contributed by atoms with Crippen molar-refractivity contribution >= 4 is 5.91 Å². The van der Waals surface area contributed by atoms with Gasteiger partial charge in [0.05, 0.1) is 5.92 Å². The average molecular weight is 154 g/mol. The summed E-state index contributed by atoms with van der Waals surface area (Å²) in [6.45, 7) is 0. The fourth-order valence-corrected chi connectivity index (χ4v) is 2.76. The Balaban J connectivity index is 2.17. The van der Waals surface area contributed by atoms with Gasteiger partial charge in [-0.3, -0.25) is 4.79 Å². The average Bonchev–Trinajstić information content (AvgIpc) is 2.44. The van der Waals surface area contributed by atoms with Crippen molar-refractivity contribution in [3.8, 4) is 0 Å². The first-order chi connectivity index (χ1) is 5.20. The Morgan fingerprint density at radius 1 is 1.27 bits per heavy atom. The summed E-state index contributed by atoms with van der Waals surface area (Å²) in [6.07, 6.45) is 3.50. The standard InChI is InChI=1S/C8H14N2O/c9-7-5-2-1-4(3-5)6(7)8(10)11/h4-7H,1-3,9H2,(H2,10,11)/t4-,5-,6-,7-/m0/s1. The van der Waals surface area contributed by atoms with E-state index in [0.29, 0.717) is 11.8 Å². The smallest absolute Gasteiger partial charge is 0.222 e. The number of primary amides is 1. The van der Waals surface area contributed by atoms with Gasteiger partial charge in [0.1, 0.15) is 0 Å². The molecule has 0 aromatic rings. The molecule has 4 N–H and O–H groups in total. The van der Waals surface area contributed by atoms with Crippen LogP contribution in [0, 0.1) is 17.8 Å². The first kappa shape index (κ1) is 7.10. The fourth-order valence-electron chi connectivity index (χ4n) is 2.76. The predicted molar refractivity (Wildman–Crippen MR) is 41.5 cm³/mol. The van der Waals surface area contributed by atoms with Crippen LogP contribution in [-0.2, 0) is 4.79 Å². The van der Waals surface area contributed by atoms with E-state index >= 15 is 0 Å². The predicted octanol–water partition coefficient (Wildman–Crippen LogP) is -0.155. The van der Waals surface area contributed by atoms with Crippen LogP contribution >= 0.6 is 0 Å². The lowest BCUT2D eigenvalue weighted by atomic mass is 9.84. The number of nitrogens with two attached hydrogens (primary N) is 2. The third kappa shape index (κ3) is 0.872. The Morgan fingerprint density at radius 3 is 2.27 bits per heavy atom. The Kier molecular flexibility index (Phi) is 1.42. The van der Waals surface area contributed by atoms with Crippen LogP contribution in [0.15, 0.2) is 0 Å². The minimum absolute atomic E-state index is 0.0197. The molecule has 3 heteroatoms. The Hall–Kier alpha value is -0.570. The number of fused-ring (bicyclic) bond motifs is 2. The number of carbonyl (C=O) groups is 1. The molecular weight excluding hydrogens is 140 g/mol. The first-order valence-corrected chi connectivity index (χ1v) is 4.25. The lowest BCUT2D eigenvalue weighted by Crippen LogP contribution is -2.43. The van der Waals surface area contributed by atoms with E-state index in [2.05, 4.69) is 0 Å². The topological polar surface area (TPSA) is 69.1 Å². The van der Waals surface area contributed by atoms with Crippen molar-refractivity contribution in [2.45, 2.75) is 25.3 Å². The Bertz CT molecular complexity index is 191. The molecule has 62 valence electrons. The summed E-state index contributed by atoms with van der Waals surface area (Å²) in [5.41, 5.74) is 11.1. The second-order valence-electron chi connectivity index (χ2n) is 3.84. The van der Waals surface area contributed by atoms with E-state index in [1.807, 2.05) is 0 Å². The molecule has 2 rings (SSSR count). The highest BCUT2D eigenvalue weighted by Crippen LogP contribution is 2.47. The summed E-state index contributed by atoms with van der Waals surface area (Å²) >= 11 is 0. The minimum atomic E-state index is -0.190. The van der Waals surface area contributed by atoms with Gasteiger partial charge in [0, 0.05) is 6.04 Å². The number of rotatable bonds is 1. The molecule has 0 unspecified atom stereocenters. The van der Waals surface area contributed by atoms with Crippen LogP contribution in [0.4, 0.5) is 0 Å². The molecule has 2 aliphatic carbocycles. The van der Waals surface area contributed by atoms with Gasteiger partial charge in [0.15, 0.2) is 0 Å². The summed E-state index contributed by atoms with van der Waals surface area (Å²) in [4.78, 5) is 10.9.